The summed E-state index contributed by atoms with van der Waals surface area (Å²) in [4.78, 5) is 15.3. The van der Waals surface area contributed by atoms with E-state index in [9.17, 15) is 13.2 Å². The average molecular weight is 334 g/mol. The summed E-state index contributed by atoms with van der Waals surface area (Å²) in [5.74, 6) is 0. The van der Waals surface area contributed by atoms with Gasteiger partial charge in [0, 0.05) is 18.8 Å². The maximum absolute atomic E-state index is 12.1. The summed E-state index contributed by atoms with van der Waals surface area (Å²) in [6, 6.07) is 2.75. The van der Waals surface area contributed by atoms with Crippen LogP contribution in [0.5, 0.6) is 0 Å². The fraction of sp³-hybridized carbons (Fsp3) is 0.273. The fourth-order valence-corrected chi connectivity index (χ4v) is 3.91. The number of hydrogen-bond donors (Lipinski definition) is 1. The van der Waals surface area contributed by atoms with Crippen LogP contribution in [0.3, 0.4) is 0 Å². The Kier molecular flexibility index (Phi) is 4.46. The Morgan fingerprint density at radius 1 is 1.45 bits per heavy atom. The zero-order valence-electron chi connectivity index (χ0n) is 10.5. The maximum atomic E-state index is 12.1. The van der Waals surface area contributed by atoms with E-state index in [-0.39, 0.29) is 14.2 Å². The molecule has 0 aliphatic heterocycles. The number of aromatic nitrogens is 2. The van der Waals surface area contributed by atoms with Gasteiger partial charge in [-0.05, 0) is 12.5 Å². The smallest absolute Gasteiger partial charge is 0.273 e. The van der Waals surface area contributed by atoms with Gasteiger partial charge in [-0.1, -0.05) is 29.9 Å². The third kappa shape index (κ3) is 3.38. The van der Waals surface area contributed by atoms with Crippen LogP contribution in [-0.4, -0.2) is 18.0 Å². The van der Waals surface area contributed by atoms with Crippen molar-refractivity contribution in [3.8, 4) is 0 Å². The Morgan fingerprint density at radius 3 is 2.80 bits per heavy atom. The van der Waals surface area contributed by atoms with Crippen LogP contribution in [0.2, 0.25) is 4.47 Å². The van der Waals surface area contributed by atoms with E-state index < -0.39 is 10.0 Å². The van der Waals surface area contributed by atoms with Crippen molar-refractivity contribution in [1.29, 1.82) is 0 Å². The van der Waals surface area contributed by atoms with Crippen LogP contribution in [0.4, 0.5) is 5.69 Å². The van der Waals surface area contributed by atoms with Gasteiger partial charge in [-0.25, -0.2) is 13.4 Å². The van der Waals surface area contributed by atoms with Crippen molar-refractivity contribution < 1.29 is 8.42 Å². The molecular formula is C11H12ClN3O3S2. The van der Waals surface area contributed by atoms with Crippen LogP contribution in [0.1, 0.15) is 13.3 Å². The fourth-order valence-electron chi connectivity index (χ4n) is 1.58. The molecule has 0 atom stereocenters. The second-order valence-corrected chi connectivity index (χ2v) is 7.51. The van der Waals surface area contributed by atoms with Gasteiger partial charge in [-0.2, -0.15) is 0 Å². The monoisotopic (exact) mass is 333 g/mol. The number of halogens is 1. The second kappa shape index (κ2) is 5.94. The number of pyridine rings is 1. The van der Waals surface area contributed by atoms with Crippen LogP contribution >= 0.6 is 22.9 Å². The van der Waals surface area contributed by atoms with Gasteiger partial charge in [0.05, 0.1) is 11.9 Å². The van der Waals surface area contributed by atoms with E-state index in [1.54, 1.807) is 0 Å². The number of anilines is 1. The third-order valence-corrected chi connectivity index (χ3v) is 5.38. The van der Waals surface area contributed by atoms with Crippen molar-refractivity contribution in [3.05, 3.63) is 39.3 Å². The molecule has 0 aliphatic carbocycles. The topological polar surface area (TPSA) is 81.1 Å². The molecule has 2 heterocycles. The van der Waals surface area contributed by atoms with Crippen LogP contribution in [0, 0.1) is 0 Å². The van der Waals surface area contributed by atoms with E-state index in [0.29, 0.717) is 12.2 Å². The molecule has 0 aromatic carbocycles. The number of thiazole rings is 1. The highest BCUT2D eigenvalue weighted by Gasteiger charge is 2.18. The lowest BCUT2D eigenvalue weighted by atomic mass is 10.4. The van der Waals surface area contributed by atoms with Gasteiger partial charge in [0.1, 0.15) is 0 Å². The molecule has 0 aliphatic rings. The molecule has 2 aromatic rings. The van der Waals surface area contributed by atoms with Gasteiger partial charge in [-0.3, -0.25) is 9.52 Å². The van der Waals surface area contributed by atoms with Gasteiger partial charge in [0.2, 0.25) is 0 Å². The normalized spacial score (nSPS) is 11.5. The Bertz CT molecular complexity index is 767. The Morgan fingerprint density at radius 2 is 2.20 bits per heavy atom. The predicted molar refractivity (Wildman–Crippen MR) is 78.9 cm³/mol. The molecule has 20 heavy (non-hydrogen) atoms. The van der Waals surface area contributed by atoms with Gasteiger partial charge < -0.3 is 4.57 Å². The summed E-state index contributed by atoms with van der Waals surface area (Å²) >= 11 is 6.49. The van der Waals surface area contributed by atoms with Crippen molar-refractivity contribution in [2.24, 2.45) is 0 Å². The third-order valence-electron chi connectivity index (χ3n) is 2.42. The lowest BCUT2D eigenvalue weighted by Gasteiger charge is -2.09. The molecule has 0 fully saturated rings. The minimum atomic E-state index is -3.73. The number of rotatable bonds is 5. The van der Waals surface area contributed by atoms with Crippen LogP contribution in [0.15, 0.2) is 33.5 Å². The number of aryl methyl sites for hydroxylation is 1. The zero-order valence-corrected chi connectivity index (χ0v) is 12.9. The lowest BCUT2D eigenvalue weighted by molar-refractivity contribution is 0.602. The number of sulfonamides is 1. The summed E-state index contributed by atoms with van der Waals surface area (Å²) in [6.07, 6.45) is 3.45. The molecule has 9 heteroatoms. The van der Waals surface area contributed by atoms with Crippen molar-refractivity contribution in [2.75, 3.05) is 4.72 Å². The quantitative estimate of drug-likeness (QED) is 0.909. The first-order valence-corrected chi connectivity index (χ1v) is 8.45. The summed E-state index contributed by atoms with van der Waals surface area (Å²) in [6.45, 7) is 2.46. The Hall–Kier alpha value is -1.38. The maximum Gasteiger partial charge on any atom is 0.273 e. The second-order valence-electron chi connectivity index (χ2n) is 3.99. The molecule has 0 bridgehead atoms. The summed E-state index contributed by atoms with van der Waals surface area (Å²) in [5, 5.41) is 0. The first kappa shape index (κ1) is 15.0. The summed E-state index contributed by atoms with van der Waals surface area (Å²) in [7, 11) is -3.73. The van der Waals surface area contributed by atoms with Crippen molar-refractivity contribution >= 4 is 38.6 Å². The first-order valence-electron chi connectivity index (χ1n) is 5.77. The SMILES string of the molecule is CCCn1cc(NS(=O)(=O)c2cnc(Cl)s2)ccc1=O. The van der Waals surface area contributed by atoms with E-state index in [2.05, 4.69) is 9.71 Å². The van der Waals surface area contributed by atoms with Gasteiger partial charge in [0.25, 0.3) is 15.6 Å². The molecule has 2 rings (SSSR count). The predicted octanol–water partition coefficient (Wildman–Crippen LogP) is 2.17. The standard InChI is InChI=1S/C11H12ClN3O3S2/c1-2-5-15-7-8(3-4-9(15)16)14-20(17,18)10-6-13-11(12)19-10/h3-4,6-7,14H,2,5H2,1H3. The minimum Gasteiger partial charge on any atom is -0.313 e. The molecule has 0 radical (unpaired) electrons. The summed E-state index contributed by atoms with van der Waals surface area (Å²) < 4.78 is 28.2. The van der Waals surface area contributed by atoms with Gasteiger partial charge in [-0.15, -0.1) is 0 Å². The van der Waals surface area contributed by atoms with Crippen LogP contribution < -0.4 is 10.3 Å². The van der Waals surface area contributed by atoms with E-state index in [1.807, 2.05) is 6.92 Å². The van der Waals surface area contributed by atoms with E-state index in [4.69, 9.17) is 11.6 Å². The molecule has 0 amide bonds. The van der Waals surface area contributed by atoms with E-state index >= 15 is 0 Å². The zero-order chi connectivity index (χ0) is 14.8. The number of nitrogens with one attached hydrogen (secondary N) is 1. The minimum absolute atomic E-state index is 0.0238. The lowest BCUT2D eigenvalue weighted by Crippen LogP contribution is -2.20. The first-order chi connectivity index (χ1) is 9.42. The van der Waals surface area contributed by atoms with E-state index in [0.717, 1.165) is 17.8 Å². The Balaban J connectivity index is 2.30. The molecule has 0 unspecified atom stereocenters. The van der Waals surface area contributed by atoms with E-state index in [1.165, 1.54) is 29.1 Å². The van der Waals surface area contributed by atoms with Crippen LogP contribution in [-0.2, 0) is 16.6 Å². The number of nitrogens with zero attached hydrogens (tertiary/aromatic N) is 2. The van der Waals surface area contributed by atoms with Gasteiger partial charge in [0.15, 0.2) is 8.68 Å². The molecule has 1 N–H and O–H groups in total. The molecule has 108 valence electrons. The molecule has 0 saturated carbocycles. The molecular weight excluding hydrogens is 322 g/mol. The number of hydrogen-bond acceptors (Lipinski definition) is 5. The molecule has 6 nitrogen and oxygen atoms in total. The largest absolute Gasteiger partial charge is 0.313 e. The highest BCUT2D eigenvalue weighted by Crippen LogP contribution is 2.24. The van der Waals surface area contributed by atoms with Crippen molar-refractivity contribution in [3.63, 3.8) is 0 Å². The molecule has 0 spiro atoms. The van der Waals surface area contributed by atoms with Gasteiger partial charge >= 0.3 is 0 Å². The average Bonchev–Trinajstić information content (AvgIpc) is 2.81. The summed E-state index contributed by atoms with van der Waals surface area (Å²) in [5.41, 5.74) is 0.151. The highest BCUT2D eigenvalue weighted by molar-refractivity contribution is 7.94. The Labute approximate surface area is 125 Å². The van der Waals surface area contributed by atoms with Crippen LogP contribution in [0.25, 0.3) is 0 Å². The molecule has 2 aromatic heterocycles. The van der Waals surface area contributed by atoms with Crippen molar-refractivity contribution in [1.82, 2.24) is 9.55 Å². The van der Waals surface area contributed by atoms with Crippen molar-refractivity contribution in [2.45, 2.75) is 24.1 Å². The highest BCUT2D eigenvalue weighted by atomic mass is 35.5. The molecule has 0 saturated heterocycles.